The van der Waals surface area contributed by atoms with E-state index in [0.717, 1.165) is 27.2 Å². The lowest BCUT2D eigenvalue weighted by Gasteiger charge is -2.07. The first-order chi connectivity index (χ1) is 14.1. The second-order valence-electron chi connectivity index (χ2n) is 6.49. The Morgan fingerprint density at radius 1 is 1.21 bits per heavy atom. The number of methoxy groups -OCH3 is 1. The van der Waals surface area contributed by atoms with Crippen LogP contribution in [0.3, 0.4) is 0 Å². The van der Waals surface area contributed by atoms with Crippen LogP contribution < -0.4 is 10.1 Å². The van der Waals surface area contributed by atoms with Gasteiger partial charge in [0.1, 0.15) is 11.6 Å². The van der Waals surface area contributed by atoms with E-state index in [1.165, 1.54) is 16.2 Å². The van der Waals surface area contributed by atoms with E-state index in [0.29, 0.717) is 17.4 Å². The van der Waals surface area contributed by atoms with E-state index in [-0.39, 0.29) is 5.91 Å². The molecule has 0 aliphatic heterocycles. The highest BCUT2D eigenvalue weighted by molar-refractivity contribution is 7.98. The highest BCUT2D eigenvalue weighted by Gasteiger charge is 2.15. The third-order valence-corrected chi connectivity index (χ3v) is 6.13. The average molecular weight is 425 g/mol. The molecule has 148 valence electrons. The number of anilines is 1. The largest absolute Gasteiger partial charge is 0.497 e. The fourth-order valence-electron chi connectivity index (χ4n) is 2.96. The van der Waals surface area contributed by atoms with Gasteiger partial charge in [-0.25, -0.2) is 4.98 Å². The normalized spacial score (nSPS) is 11.0. The number of hydrogen-bond donors (Lipinski definition) is 1. The number of nitrogens with one attached hydrogen (secondary N) is 1. The second kappa shape index (κ2) is 8.26. The van der Waals surface area contributed by atoms with Gasteiger partial charge < -0.3 is 10.1 Å². The van der Waals surface area contributed by atoms with Gasteiger partial charge >= 0.3 is 0 Å². The van der Waals surface area contributed by atoms with Crippen molar-refractivity contribution < 1.29 is 9.53 Å². The van der Waals surface area contributed by atoms with Gasteiger partial charge in [0.2, 0.25) is 11.0 Å². The molecule has 0 spiro atoms. The summed E-state index contributed by atoms with van der Waals surface area (Å²) in [6.45, 7) is 1.89. The van der Waals surface area contributed by atoms with E-state index in [1.54, 1.807) is 23.6 Å². The van der Waals surface area contributed by atoms with Gasteiger partial charge in [0.05, 0.1) is 29.4 Å². The molecule has 0 aliphatic carbocycles. The van der Waals surface area contributed by atoms with Crippen LogP contribution in [0.1, 0.15) is 11.3 Å². The van der Waals surface area contributed by atoms with E-state index >= 15 is 0 Å². The number of rotatable bonds is 6. The van der Waals surface area contributed by atoms with Gasteiger partial charge in [0.15, 0.2) is 0 Å². The van der Waals surface area contributed by atoms with Gasteiger partial charge in [-0.2, -0.15) is 9.78 Å². The fraction of sp³-hybridized carbons (Fsp3) is 0.190. The Labute approximate surface area is 176 Å². The van der Waals surface area contributed by atoms with Crippen molar-refractivity contribution in [2.24, 2.45) is 0 Å². The average Bonchev–Trinajstić information content (AvgIpc) is 3.30. The Bertz CT molecular complexity index is 1170. The molecule has 0 atom stereocenters. The molecule has 0 saturated heterocycles. The number of thiazole rings is 1. The Morgan fingerprint density at radius 3 is 2.72 bits per heavy atom. The molecular weight excluding hydrogens is 404 g/mol. The number of benzene rings is 2. The molecule has 8 heteroatoms. The first kappa shape index (κ1) is 19.5. The number of thioether (sulfide) groups is 1. The number of carbonyl (C=O) groups excluding carboxylic acids is 1. The van der Waals surface area contributed by atoms with Crippen molar-refractivity contribution in [1.29, 1.82) is 0 Å². The lowest BCUT2D eigenvalue weighted by molar-refractivity contribution is -0.115. The molecule has 0 bridgehead atoms. The van der Waals surface area contributed by atoms with Crippen LogP contribution in [0.5, 0.6) is 5.75 Å². The minimum atomic E-state index is -0.0918. The number of aryl methyl sites for hydroxylation is 1. The van der Waals surface area contributed by atoms with Gasteiger partial charge in [-0.3, -0.25) is 4.79 Å². The van der Waals surface area contributed by atoms with Crippen LogP contribution in [0, 0.1) is 6.92 Å². The van der Waals surface area contributed by atoms with Gasteiger partial charge in [0, 0.05) is 11.0 Å². The topological polar surface area (TPSA) is 69.0 Å². The lowest BCUT2D eigenvalue weighted by atomic mass is 10.1. The van der Waals surface area contributed by atoms with Crippen molar-refractivity contribution >= 4 is 45.0 Å². The zero-order valence-electron chi connectivity index (χ0n) is 16.3. The van der Waals surface area contributed by atoms with Gasteiger partial charge in [-0.1, -0.05) is 23.5 Å². The van der Waals surface area contributed by atoms with Crippen molar-refractivity contribution in [2.75, 3.05) is 18.7 Å². The minimum absolute atomic E-state index is 0.0918. The highest BCUT2D eigenvalue weighted by atomic mass is 32.2. The highest BCUT2D eigenvalue weighted by Crippen LogP contribution is 2.30. The molecule has 29 heavy (non-hydrogen) atoms. The van der Waals surface area contributed by atoms with Crippen molar-refractivity contribution in [3.63, 3.8) is 0 Å². The number of hydrogen-bond acceptors (Lipinski definition) is 6. The predicted octanol–water partition coefficient (Wildman–Crippen LogP) is 4.70. The van der Waals surface area contributed by atoms with Crippen LogP contribution in [0.15, 0.2) is 53.4 Å². The molecule has 4 rings (SSSR count). The lowest BCUT2D eigenvalue weighted by Crippen LogP contribution is -2.17. The number of nitrogens with zero attached hydrogens (tertiary/aromatic N) is 3. The molecule has 0 radical (unpaired) electrons. The zero-order valence-corrected chi connectivity index (χ0v) is 17.9. The van der Waals surface area contributed by atoms with Crippen LogP contribution in [-0.4, -0.2) is 34.0 Å². The first-order valence-corrected chi connectivity index (χ1v) is 11.0. The molecule has 4 aromatic rings. The van der Waals surface area contributed by atoms with E-state index in [2.05, 4.69) is 15.4 Å². The molecule has 2 heterocycles. The summed E-state index contributed by atoms with van der Waals surface area (Å²) in [7, 11) is 1.64. The van der Waals surface area contributed by atoms with Crippen LogP contribution in [0.25, 0.3) is 15.3 Å². The van der Waals surface area contributed by atoms with Gasteiger partial charge in [-0.05, 0) is 49.1 Å². The number of carbonyl (C=O) groups is 1. The van der Waals surface area contributed by atoms with Crippen LogP contribution in [0.4, 0.5) is 5.82 Å². The summed E-state index contributed by atoms with van der Waals surface area (Å²) in [5.74, 6) is 1.30. The summed E-state index contributed by atoms with van der Waals surface area (Å²) in [5.41, 5.74) is 2.64. The Kier molecular flexibility index (Phi) is 5.55. The van der Waals surface area contributed by atoms with E-state index in [4.69, 9.17) is 4.74 Å². The third-order valence-electron chi connectivity index (χ3n) is 4.39. The number of ether oxygens (including phenoxy) is 1. The van der Waals surface area contributed by atoms with Crippen molar-refractivity contribution in [3.05, 3.63) is 59.8 Å². The molecule has 0 fully saturated rings. The van der Waals surface area contributed by atoms with Gasteiger partial charge in [-0.15, -0.1) is 11.8 Å². The predicted molar refractivity (Wildman–Crippen MR) is 119 cm³/mol. The third kappa shape index (κ3) is 4.28. The van der Waals surface area contributed by atoms with Crippen LogP contribution >= 0.6 is 23.1 Å². The molecule has 1 N–H and O–H groups in total. The van der Waals surface area contributed by atoms with E-state index in [1.807, 2.05) is 61.7 Å². The van der Waals surface area contributed by atoms with E-state index < -0.39 is 0 Å². The van der Waals surface area contributed by atoms with Gasteiger partial charge in [0.25, 0.3) is 0 Å². The Morgan fingerprint density at radius 2 is 2.00 bits per heavy atom. The Hall–Kier alpha value is -2.84. The molecule has 2 aromatic heterocycles. The SMILES string of the molecule is COc1ccc2nc(-n3nc(C)cc3NC(=O)Cc3ccc(SC)cc3)sc2c1. The standard InChI is InChI=1S/C21H20N4O2S2/c1-13-10-19(23-20(26)11-14-4-7-16(28-3)8-5-14)25(24-13)21-22-17-9-6-15(27-2)12-18(17)29-21/h4-10,12H,11H2,1-3H3,(H,23,26). The summed E-state index contributed by atoms with van der Waals surface area (Å²) >= 11 is 3.18. The van der Waals surface area contributed by atoms with Crippen molar-refractivity contribution in [3.8, 4) is 10.9 Å². The van der Waals surface area contributed by atoms with Crippen molar-refractivity contribution in [2.45, 2.75) is 18.2 Å². The number of amides is 1. The summed E-state index contributed by atoms with van der Waals surface area (Å²) in [6.07, 6.45) is 2.33. The molecule has 1 amide bonds. The zero-order chi connectivity index (χ0) is 20.4. The first-order valence-electron chi connectivity index (χ1n) is 9.00. The molecule has 0 saturated carbocycles. The molecular formula is C21H20N4O2S2. The molecule has 0 aliphatic rings. The smallest absolute Gasteiger partial charge is 0.229 e. The summed E-state index contributed by atoms with van der Waals surface area (Å²) in [4.78, 5) is 18.4. The minimum Gasteiger partial charge on any atom is -0.497 e. The summed E-state index contributed by atoms with van der Waals surface area (Å²) in [6, 6.07) is 15.6. The summed E-state index contributed by atoms with van der Waals surface area (Å²) < 4.78 is 7.97. The monoisotopic (exact) mass is 424 g/mol. The van der Waals surface area contributed by atoms with E-state index in [9.17, 15) is 4.79 Å². The van der Waals surface area contributed by atoms with Crippen LogP contribution in [0.2, 0.25) is 0 Å². The molecule has 0 unspecified atom stereocenters. The molecule has 6 nitrogen and oxygen atoms in total. The van der Waals surface area contributed by atoms with Crippen LogP contribution in [-0.2, 0) is 11.2 Å². The maximum atomic E-state index is 12.6. The molecule has 2 aromatic carbocycles. The Balaban J connectivity index is 1.57. The quantitative estimate of drug-likeness (QED) is 0.454. The number of fused-ring (bicyclic) bond motifs is 1. The number of aromatic nitrogens is 3. The second-order valence-corrected chi connectivity index (χ2v) is 8.37. The van der Waals surface area contributed by atoms with Crippen molar-refractivity contribution in [1.82, 2.24) is 14.8 Å². The fourth-order valence-corrected chi connectivity index (χ4v) is 4.33. The maximum absolute atomic E-state index is 12.6. The maximum Gasteiger partial charge on any atom is 0.229 e. The summed E-state index contributed by atoms with van der Waals surface area (Å²) in [5, 5.41) is 8.18.